The van der Waals surface area contributed by atoms with Gasteiger partial charge in [0, 0.05) is 29.8 Å². The number of hydrogen-bond donors (Lipinski definition) is 1. The van der Waals surface area contributed by atoms with Crippen LogP contribution in [0, 0.1) is 26.6 Å². The molecule has 0 unspecified atom stereocenters. The highest BCUT2D eigenvalue weighted by molar-refractivity contribution is 6.05. The lowest BCUT2D eigenvalue weighted by Gasteiger charge is -2.33. The molecule has 1 N–H and O–H groups in total. The number of hydrogen-bond acceptors (Lipinski definition) is 5. The van der Waals surface area contributed by atoms with Gasteiger partial charge in [0.05, 0.1) is 24.2 Å². The molecule has 1 atom stereocenters. The molecule has 4 aromatic rings. The Labute approximate surface area is 220 Å². The fourth-order valence-corrected chi connectivity index (χ4v) is 5.15. The Kier molecular flexibility index (Phi) is 6.57. The number of benzene rings is 3. The Morgan fingerprint density at radius 2 is 1.84 bits per heavy atom. The second-order valence-electron chi connectivity index (χ2n) is 9.70. The van der Waals surface area contributed by atoms with E-state index in [0.29, 0.717) is 46.1 Å². The molecule has 0 bridgehead atoms. The van der Waals surface area contributed by atoms with E-state index in [9.17, 15) is 19.1 Å². The summed E-state index contributed by atoms with van der Waals surface area (Å²) in [6.07, 6.45) is -0.407. The maximum Gasteiger partial charge on any atom is 0.307 e. The van der Waals surface area contributed by atoms with E-state index in [1.54, 1.807) is 29.7 Å². The van der Waals surface area contributed by atoms with Gasteiger partial charge in [0.1, 0.15) is 30.0 Å². The highest BCUT2D eigenvalue weighted by Gasteiger charge is 2.26. The molecule has 1 aromatic heterocycles. The third-order valence-corrected chi connectivity index (χ3v) is 7.27. The lowest BCUT2D eigenvalue weighted by atomic mass is 10.0. The molecule has 38 heavy (non-hydrogen) atoms. The average molecular weight is 517 g/mol. The van der Waals surface area contributed by atoms with Gasteiger partial charge in [-0.2, -0.15) is 0 Å². The highest BCUT2D eigenvalue weighted by atomic mass is 19.1. The lowest BCUT2D eigenvalue weighted by Crippen LogP contribution is -2.41. The van der Waals surface area contributed by atoms with E-state index in [0.717, 1.165) is 16.5 Å². The van der Waals surface area contributed by atoms with Crippen LogP contribution in [-0.4, -0.2) is 47.9 Å². The molecule has 5 rings (SSSR count). The zero-order chi connectivity index (χ0) is 27.1. The monoisotopic (exact) mass is 516 g/mol. The number of anilines is 1. The van der Waals surface area contributed by atoms with E-state index in [1.807, 2.05) is 50.1 Å². The van der Waals surface area contributed by atoms with E-state index in [4.69, 9.17) is 9.47 Å². The van der Waals surface area contributed by atoms with Crippen LogP contribution in [0.2, 0.25) is 0 Å². The molecule has 0 fully saturated rings. The van der Waals surface area contributed by atoms with Gasteiger partial charge < -0.3 is 19.5 Å². The summed E-state index contributed by atoms with van der Waals surface area (Å²) in [7, 11) is 1.89. The maximum atomic E-state index is 13.8. The second kappa shape index (κ2) is 9.85. The number of para-hydroxylation sites is 1. The van der Waals surface area contributed by atoms with Gasteiger partial charge in [0.2, 0.25) is 0 Å². The summed E-state index contributed by atoms with van der Waals surface area (Å²) in [4.78, 5) is 27.2. The molecule has 0 spiro atoms. The number of carbonyl (C=O) groups is 2. The van der Waals surface area contributed by atoms with Crippen molar-refractivity contribution in [3.05, 3.63) is 88.4 Å². The van der Waals surface area contributed by atoms with Crippen molar-refractivity contribution in [1.82, 2.24) is 4.57 Å². The van der Waals surface area contributed by atoms with Crippen LogP contribution >= 0.6 is 0 Å². The molecule has 1 aliphatic heterocycles. The van der Waals surface area contributed by atoms with Crippen molar-refractivity contribution in [3.63, 3.8) is 0 Å². The van der Waals surface area contributed by atoms with Gasteiger partial charge in [-0.15, -0.1) is 0 Å². The van der Waals surface area contributed by atoms with Crippen molar-refractivity contribution in [2.45, 2.75) is 33.3 Å². The van der Waals surface area contributed by atoms with Crippen LogP contribution in [0.3, 0.4) is 0 Å². The topological polar surface area (TPSA) is 81.0 Å². The minimum atomic E-state index is -0.944. The zero-order valence-corrected chi connectivity index (χ0v) is 21.7. The van der Waals surface area contributed by atoms with Crippen LogP contribution in [0.4, 0.5) is 10.1 Å². The van der Waals surface area contributed by atoms with E-state index in [-0.39, 0.29) is 30.9 Å². The molecule has 0 saturated carbocycles. The number of ether oxygens (including phenoxy) is 2. The third-order valence-electron chi connectivity index (χ3n) is 7.27. The SMILES string of the molecule is Cc1c(OC[C@@H]2CN(C)c3cc(F)ccc3O2)ccc(C(=O)n2c(C)c(CC(=O)O)c3ccccc32)c1C. The number of aromatic nitrogens is 1. The predicted octanol–water partition coefficient (Wildman–Crippen LogP) is 5.30. The number of halogens is 1. The van der Waals surface area contributed by atoms with Gasteiger partial charge in [-0.1, -0.05) is 18.2 Å². The van der Waals surface area contributed by atoms with Gasteiger partial charge in [0.25, 0.3) is 5.91 Å². The zero-order valence-electron chi connectivity index (χ0n) is 21.7. The molecule has 3 aromatic carbocycles. The number of aliphatic carboxylic acids is 1. The summed E-state index contributed by atoms with van der Waals surface area (Å²) >= 11 is 0. The fourth-order valence-electron chi connectivity index (χ4n) is 5.15. The molecule has 1 aliphatic rings. The van der Waals surface area contributed by atoms with Crippen molar-refractivity contribution < 1.29 is 28.6 Å². The predicted molar refractivity (Wildman–Crippen MR) is 143 cm³/mol. The van der Waals surface area contributed by atoms with Gasteiger partial charge in [-0.05, 0) is 67.8 Å². The molecule has 7 nitrogen and oxygen atoms in total. The highest BCUT2D eigenvalue weighted by Crippen LogP contribution is 2.34. The number of carboxylic acids is 1. The molecule has 196 valence electrons. The largest absolute Gasteiger partial charge is 0.489 e. The Morgan fingerprint density at radius 3 is 2.61 bits per heavy atom. The van der Waals surface area contributed by atoms with Crippen LogP contribution in [0.15, 0.2) is 54.6 Å². The fraction of sp³-hybridized carbons (Fsp3) is 0.267. The molecule has 2 heterocycles. The van der Waals surface area contributed by atoms with Crippen molar-refractivity contribution in [1.29, 1.82) is 0 Å². The Hall–Kier alpha value is -4.33. The summed E-state index contributed by atoms with van der Waals surface area (Å²) in [6.45, 7) is 6.40. The van der Waals surface area contributed by atoms with E-state index >= 15 is 0 Å². The number of carbonyl (C=O) groups excluding carboxylic acids is 1. The lowest BCUT2D eigenvalue weighted by molar-refractivity contribution is -0.136. The first kappa shape index (κ1) is 25.3. The van der Waals surface area contributed by atoms with Gasteiger partial charge in [0.15, 0.2) is 0 Å². The Bertz CT molecular complexity index is 1570. The Morgan fingerprint density at radius 1 is 1.08 bits per heavy atom. The van der Waals surface area contributed by atoms with Crippen molar-refractivity contribution in [2.75, 3.05) is 25.1 Å². The first-order valence-electron chi connectivity index (χ1n) is 12.4. The normalized spacial score (nSPS) is 14.8. The van der Waals surface area contributed by atoms with E-state index in [2.05, 4.69) is 0 Å². The van der Waals surface area contributed by atoms with Gasteiger partial charge in [-0.25, -0.2) is 4.39 Å². The number of nitrogens with zero attached hydrogens (tertiary/aromatic N) is 2. The summed E-state index contributed by atoms with van der Waals surface area (Å²) in [6, 6.07) is 15.3. The van der Waals surface area contributed by atoms with E-state index < -0.39 is 5.97 Å². The first-order chi connectivity index (χ1) is 18.2. The molecular formula is C30H29FN2O5. The summed E-state index contributed by atoms with van der Waals surface area (Å²) in [5, 5.41) is 10.2. The number of carboxylic acid groups (broad SMARTS) is 1. The molecule has 8 heteroatoms. The Balaban J connectivity index is 1.39. The van der Waals surface area contributed by atoms with Crippen LogP contribution in [0.1, 0.15) is 32.7 Å². The molecule has 0 radical (unpaired) electrons. The van der Waals surface area contributed by atoms with E-state index in [1.165, 1.54) is 12.1 Å². The van der Waals surface area contributed by atoms with Crippen LogP contribution in [0.5, 0.6) is 11.5 Å². The number of likely N-dealkylation sites (N-methyl/N-ethyl adjacent to an activating group) is 1. The van der Waals surface area contributed by atoms with Crippen molar-refractivity contribution in [3.8, 4) is 11.5 Å². The average Bonchev–Trinajstić information content (AvgIpc) is 3.15. The van der Waals surface area contributed by atoms with Crippen molar-refractivity contribution >= 4 is 28.5 Å². The first-order valence-corrected chi connectivity index (χ1v) is 12.4. The minimum absolute atomic E-state index is 0.157. The third kappa shape index (κ3) is 4.47. The van der Waals surface area contributed by atoms with Gasteiger partial charge in [-0.3, -0.25) is 14.2 Å². The number of fused-ring (bicyclic) bond motifs is 2. The van der Waals surface area contributed by atoms with Gasteiger partial charge >= 0.3 is 5.97 Å². The molecule has 0 saturated heterocycles. The molecular weight excluding hydrogens is 487 g/mol. The maximum absolute atomic E-state index is 13.8. The van der Waals surface area contributed by atoms with Crippen molar-refractivity contribution in [2.24, 2.45) is 0 Å². The standard InChI is InChI=1S/C30H29FN2O5/c1-17-18(2)27(37-16-21-15-32(4)26-13-20(31)9-11-28(26)38-21)12-10-22(17)30(36)33-19(3)24(14-29(34)35)23-7-5-6-8-25(23)33/h5-13,21H,14-16H2,1-4H3,(H,34,35)/t21-/m0/s1. The van der Waals surface area contributed by atoms with Crippen LogP contribution < -0.4 is 14.4 Å². The van der Waals surface area contributed by atoms with Crippen LogP contribution in [0.25, 0.3) is 10.9 Å². The summed E-state index contributed by atoms with van der Waals surface area (Å²) < 4.78 is 27.3. The quantitative estimate of drug-likeness (QED) is 0.375. The molecule has 0 aliphatic carbocycles. The minimum Gasteiger partial charge on any atom is -0.489 e. The second-order valence-corrected chi connectivity index (χ2v) is 9.70. The number of rotatable bonds is 6. The molecule has 0 amide bonds. The van der Waals surface area contributed by atoms with Crippen LogP contribution in [-0.2, 0) is 11.2 Å². The summed E-state index contributed by atoms with van der Waals surface area (Å²) in [5.74, 6) is -0.213. The summed E-state index contributed by atoms with van der Waals surface area (Å²) in [5.41, 5.74) is 4.78. The smallest absolute Gasteiger partial charge is 0.307 e.